The molecule has 0 radical (unpaired) electrons. The second-order valence-corrected chi connectivity index (χ2v) is 4.58. The molecule has 104 valence electrons. The molecule has 2 N–H and O–H groups in total. The summed E-state index contributed by atoms with van der Waals surface area (Å²) in [4.78, 5) is 24.5. The Kier molecular flexibility index (Phi) is 4.14. The SMILES string of the molecule is CCN(C(=O)c1ccc(F)cc1O)C(C)(C)C(=O)O. The molecule has 0 fully saturated rings. The number of hydrogen-bond donors (Lipinski definition) is 2. The molecule has 0 aromatic heterocycles. The van der Waals surface area contributed by atoms with Crippen molar-refractivity contribution in [1.82, 2.24) is 4.90 Å². The van der Waals surface area contributed by atoms with Crippen molar-refractivity contribution in [3.8, 4) is 5.75 Å². The summed E-state index contributed by atoms with van der Waals surface area (Å²) in [5.74, 6) is -3.00. The van der Waals surface area contributed by atoms with Crippen molar-refractivity contribution in [1.29, 1.82) is 0 Å². The average molecular weight is 269 g/mol. The lowest BCUT2D eigenvalue weighted by atomic mass is 10.0. The predicted molar refractivity (Wildman–Crippen MR) is 66.5 cm³/mol. The average Bonchev–Trinajstić information content (AvgIpc) is 2.28. The summed E-state index contributed by atoms with van der Waals surface area (Å²) in [6, 6.07) is 2.98. The lowest BCUT2D eigenvalue weighted by Gasteiger charge is -2.34. The smallest absolute Gasteiger partial charge is 0.329 e. The fourth-order valence-corrected chi connectivity index (χ4v) is 1.74. The Morgan fingerprint density at radius 3 is 2.37 bits per heavy atom. The van der Waals surface area contributed by atoms with Crippen LogP contribution in [0.25, 0.3) is 0 Å². The van der Waals surface area contributed by atoms with Crippen molar-refractivity contribution in [3.63, 3.8) is 0 Å². The Morgan fingerprint density at radius 2 is 1.95 bits per heavy atom. The number of amides is 1. The van der Waals surface area contributed by atoms with E-state index in [4.69, 9.17) is 5.11 Å². The summed E-state index contributed by atoms with van der Waals surface area (Å²) in [5, 5.41) is 18.7. The Balaban J connectivity index is 3.19. The van der Waals surface area contributed by atoms with Gasteiger partial charge in [0.15, 0.2) is 0 Å². The summed E-state index contributed by atoms with van der Waals surface area (Å²) in [5.41, 5.74) is -1.55. The molecule has 0 aliphatic heterocycles. The molecule has 1 aromatic carbocycles. The fourth-order valence-electron chi connectivity index (χ4n) is 1.74. The number of likely N-dealkylation sites (N-methyl/N-ethyl adjacent to an activating group) is 1. The number of carboxylic acids is 1. The topological polar surface area (TPSA) is 77.8 Å². The molecule has 6 heteroatoms. The maximum atomic E-state index is 12.9. The molecule has 0 aliphatic rings. The van der Waals surface area contributed by atoms with Gasteiger partial charge in [0.05, 0.1) is 5.56 Å². The first-order valence-electron chi connectivity index (χ1n) is 5.75. The Labute approximate surface area is 110 Å². The number of nitrogens with zero attached hydrogens (tertiary/aromatic N) is 1. The number of carbonyl (C=O) groups excluding carboxylic acids is 1. The van der Waals surface area contributed by atoms with Gasteiger partial charge < -0.3 is 15.1 Å². The quantitative estimate of drug-likeness (QED) is 0.874. The number of phenolic OH excluding ortho intramolecular Hbond substituents is 1. The highest BCUT2D eigenvalue weighted by Gasteiger charge is 2.37. The van der Waals surface area contributed by atoms with Crippen molar-refractivity contribution in [2.75, 3.05) is 6.54 Å². The summed E-state index contributed by atoms with van der Waals surface area (Å²) >= 11 is 0. The van der Waals surface area contributed by atoms with Crippen LogP contribution in [-0.4, -0.2) is 39.1 Å². The third-order valence-corrected chi connectivity index (χ3v) is 2.95. The van der Waals surface area contributed by atoms with Gasteiger partial charge in [0.2, 0.25) is 0 Å². The van der Waals surface area contributed by atoms with Crippen LogP contribution in [-0.2, 0) is 4.79 Å². The van der Waals surface area contributed by atoms with Crippen molar-refractivity contribution in [2.45, 2.75) is 26.3 Å². The lowest BCUT2D eigenvalue weighted by molar-refractivity contribution is -0.147. The molecule has 0 aliphatic carbocycles. The van der Waals surface area contributed by atoms with Crippen molar-refractivity contribution in [2.24, 2.45) is 0 Å². The zero-order valence-corrected chi connectivity index (χ0v) is 11.0. The largest absolute Gasteiger partial charge is 0.507 e. The minimum absolute atomic E-state index is 0.127. The van der Waals surface area contributed by atoms with Crippen LogP contribution in [0.4, 0.5) is 4.39 Å². The van der Waals surface area contributed by atoms with E-state index in [0.29, 0.717) is 0 Å². The van der Waals surface area contributed by atoms with E-state index in [2.05, 4.69) is 0 Å². The summed E-state index contributed by atoms with van der Waals surface area (Å²) < 4.78 is 12.9. The van der Waals surface area contributed by atoms with Crippen LogP contribution in [0.15, 0.2) is 18.2 Å². The molecular weight excluding hydrogens is 253 g/mol. The van der Waals surface area contributed by atoms with E-state index in [1.165, 1.54) is 13.8 Å². The third kappa shape index (κ3) is 2.83. The highest BCUT2D eigenvalue weighted by molar-refractivity contribution is 5.99. The minimum atomic E-state index is -1.42. The molecule has 0 bridgehead atoms. The van der Waals surface area contributed by atoms with Crippen LogP contribution in [0.3, 0.4) is 0 Å². The summed E-state index contributed by atoms with van der Waals surface area (Å²) in [7, 11) is 0. The number of aliphatic carboxylic acids is 1. The van der Waals surface area contributed by atoms with Gasteiger partial charge in [-0.25, -0.2) is 9.18 Å². The van der Waals surface area contributed by atoms with Gasteiger partial charge in [-0.05, 0) is 32.9 Å². The predicted octanol–water partition coefficient (Wildman–Crippen LogP) is 1.86. The molecule has 0 saturated carbocycles. The number of carbonyl (C=O) groups is 2. The second kappa shape index (κ2) is 5.26. The molecule has 0 heterocycles. The van der Waals surface area contributed by atoms with Gasteiger partial charge in [-0.2, -0.15) is 0 Å². The molecule has 0 saturated heterocycles. The van der Waals surface area contributed by atoms with Gasteiger partial charge in [-0.3, -0.25) is 4.79 Å². The molecule has 0 atom stereocenters. The number of hydrogen-bond acceptors (Lipinski definition) is 3. The second-order valence-electron chi connectivity index (χ2n) is 4.58. The number of benzene rings is 1. The molecule has 1 amide bonds. The Bertz CT molecular complexity index is 513. The lowest BCUT2D eigenvalue weighted by Crippen LogP contribution is -2.52. The van der Waals surface area contributed by atoms with Gasteiger partial charge in [0.1, 0.15) is 17.1 Å². The maximum Gasteiger partial charge on any atom is 0.329 e. The number of phenols is 1. The highest BCUT2D eigenvalue weighted by atomic mass is 19.1. The van der Waals surface area contributed by atoms with Gasteiger partial charge in [-0.1, -0.05) is 0 Å². The number of rotatable bonds is 4. The van der Waals surface area contributed by atoms with E-state index in [-0.39, 0.29) is 12.1 Å². The first-order valence-corrected chi connectivity index (χ1v) is 5.75. The van der Waals surface area contributed by atoms with E-state index in [1.807, 2.05) is 0 Å². The molecule has 0 unspecified atom stereocenters. The van der Waals surface area contributed by atoms with Gasteiger partial charge in [-0.15, -0.1) is 0 Å². The normalized spacial score (nSPS) is 11.2. The Morgan fingerprint density at radius 1 is 1.37 bits per heavy atom. The third-order valence-electron chi connectivity index (χ3n) is 2.95. The molecule has 5 nitrogen and oxygen atoms in total. The first-order chi connectivity index (χ1) is 8.71. The van der Waals surface area contributed by atoms with Crippen LogP contribution >= 0.6 is 0 Å². The number of halogens is 1. The summed E-state index contributed by atoms with van der Waals surface area (Å²) in [6.45, 7) is 4.55. The van der Waals surface area contributed by atoms with Gasteiger partial charge in [0, 0.05) is 12.6 Å². The molecule has 19 heavy (non-hydrogen) atoms. The minimum Gasteiger partial charge on any atom is -0.507 e. The number of carboxylic acid groups (broad SMARTS) is 1. The maximum absolute atomic E-state index is 12.9. The van der Waals surface area contributed by atoms with E-state index in [9.17, 15) is 19.1 Å². The first kappa shape index (κ1) is 14.9. The molecule has 0 spiro atoms. The van der Waals surface area contributed by atoms with Crippen molar-refractivity contribution < 1.29 is 24.2 Å². The fraction of sp³-hybridized carbons (Fsp3) is 0.385. The molecule has 1 aromatic rings. The molecular formula is C13H16FNO4. The van der Waals surface area contributed by atoms with E-state index in [1.54, 1.807) is 6.92 Å². The number of aromatic hydroxyl groups is 1. The van der Waals surface area contributed by atoms with Crippen molar-refractivity contribution in [3.05, 3.63) is 29.6 Å². The van der Waals surface area contributed by atoms with E-state index in [0.717, 1.165) is 23.1 Å². The van der Waals surface area contributed by atoms with Crippen LogP contribution in [0.5, 0.6) is 5.75 Å². The zero-order valence-electron chi connectivity index (χ0n) is 11.0. The van der Waals surface area contributed by atoms with E-state index < -0.39 is 29.0 Å². The van der Waals surface area contributed by atoms with Gasteiger partial charge in [0.25, 0.3) is 5.91 Å². The van der Waals surface area contributed by atoms with Crippen molar-refractivity contribution >= 4 is 11.9 Å². The Hall–Kier alpha value is -2.11. The summed E-state index contributed by atoms with van der Waals surface area (Å²) in [6.07, 6.45) is 0. The van der Waals surface area contributed by atoms with Crippen LogP contribution in [0.1, 0.15) is 31.1 Å². The van der Waals surface area contributed by atoms with Gasteiger partial charge >= 0.3 is 5.97 Å². The van der Waals surface area contributed by atoms with Crippen LogP contribution in [0, 0.1) is 5.82 Å². The van der Waals surface area contributed by atoms with E-state index >= 15 is 0 Å². The standard InChI is InChI=1S/C13H16FNO4/c1-4-15(13(2,3)12(18)19)11(17)9-6-5-8(14)7-10(9)16/h5-7,16H,4H2,1-3H3,(H,18,19). The zero-order chi connectivity index (χ0) is 14.8. The highest BCUT2D eigenvalue weighted by Crippen LogP contribution is 2.24. The molecule has 1 rings (SSSR count). The monoisotopic (exact) mass is 269 g/mol. The van der Waals surface area contributed by atoms with Crippen LogP contribution in [0.2, 0.25) is 0 Å². The van der Waals surface area contributed by atoms with Crippen LogP contribution < -0.4 is 0 Å².